The van der Waals surface area contributed by atoms with Gasteiger partial charge in [0.25, 0.3) is 5.91 Å². The van der Waals surface area contributed by atoms with Crippen molar-refractivity contribution in [2.45, 2.75) is 39.7 Å². The normalized spacial score (nSPS) is 15.3. The number of hydrogen-bond donors (Lipinski definition) is 3. The van der Waals surface area contributed by atoms with Gasteiger partial charge in [0.05, 0.1) is 12.6 Å². The number of phenols is 1. The Hall–Kier alpha value is -3.32. The smallest absolute Gasteiger partial charge is 0.273 e. The lowest BCUT2D eigenvalue weighted by Crippen LogP contribution is -2.31. The van der Waals surface area contributed by atoms with Crippen LogP contribution >= 0.6 is 0 Å². The van der Waals surface area contributed by atoms with Crippen LogP contribution in [-0.2, 0) is 0 Å². The minimum Gasteiger partial charge on any atom is -0.507 e. The minimum absolute atomic E-state index is 0.00689. The molecule has 2 aromatic carbocycles. The SMILES string of the molecule is CCCOc1cccc(C2c3c(-c4cc(C)cc(C)c4O)n[nH]c3C(=O)N2CCCO)c1. The summed E-state index contributed by atoms with van der Waals surface area (Å²) >= 11 is 0. The molecule has 0 spiro atoms. The summed E-state index contributed by atoms with van der Waals surface area (Å²) in [6, 6.07) is 11.1. The lowest BCUT2D eigenvalue weighted by atomic mass is 9.94. The molecule has 0 fully saturated rings. The lowest BCUT2D eigenvalue weighted by Gasteiger charge is -2.26. The Morgan fingerprint density at radius 3 is 2.78 bits per heavy atom. The number of carbonyl (C=O) groups is 1. The van der Waals surface area contributed by atoms with Gasteiger partial charge in [-0.05, 0) is 61.6 Å². The van der Waals surface area contributed by atoms with Crippen molar-refractivity contribution >= 4 is 5.91 Å². The fourth-order valence-electron chi connectivity index (χ4n) is 4.36. The summed E-state index contributed by atoms with van der Waals surface area (Å²) < 4.78 is 5.83. The van der Waals surface area contributed by atoms with Gasteiger partial charge in [-0.15, -0.1) is 0 Å². The molecule has 4 rings (SSSR count). The number of aliphatic hydroxyl groups is 1. The maximum Gasteiger partial charge on any atom is 0.273 e. The topological polar surface area (TPSA) is 98.7 Å². The molecular formula is C25H29N3O4. The number of aromatic amines is 1. The number of benzene rings is 2. The van der Waals surface area contributed by atoms with E-state index in [4.69, 9.17) is 4.74 Å². The van der Waals surface area contributed by atoms with Gasteiger partial charge in [0.2, 0.25) is 0 Å². The summed E-state index contributed by atoms with van der Waals surface area (Å²) in [5, 5.41) is 27.5. The maximum atomic E-state index is 13.3. The van der Waals surface area contributed by atoms with E-state index in [9.17, 15) is 15.0 Å². The van der Waals surface area contributed by atoms with Gasteiger partial charge in [-0.3, -0.25) is 9.89 Å². The average molecular weight is 436 g/mol. The number of carbonyl (C=O) groups excluding carboxylic acids is 1. The standard InChI is InChI=1S/C25H29N3O4/c1-4-11-32-18-8-5-7-17(14-18)23-20-21(19-13-15(2)12-16(3)24(19)30)26-27-22(20)25(31)28(23)9-6-10-29/h5,7-8,12-14,23,29-30H,4,6,9-11H2,1-3H3,(H,26,27). The molecule has 1 atom stereocenters. The Balaban J connectivity index is 1.87. The van der Waals surface area contributed by atoms with E-state index in [2.05, 4.69) is 17.1 Å². The highest BCUT2D eigenvalue weighted by molar-refractivity contribution is 6.00. The quantitative estimate of drug-likeness (QED) is 0.494. The second-order valence-electron chi connectivity index (χ2n) is 8.24. The largest absolute Gasteiger partial charge is 0.507 e. The second kappa shape index (κ2) is 9.04. The van der Waals surface area contributed by atoms with Gasteiger partial charge in [-0.1, -0.05) is 25.1 Å². The summed E-state index contributed by atoms with van der Waals surface area (Å²) in [4.78, 5) is 15.0. The van der Waals surface area contributed by atoms with Crippen LogP contribution in [0.2, 0.25) is 0 Å². The second-order valence-corrected chi connectivity index (χ2v) is 8.24. The van der Waals surface area contributed by atoms with E-state index < -0.39 is 6.04 Å². The van der Waals surface area contributed by atoms with Crippen molar-refractivity contribution in [3.8, 4) is 22.8 Å². The van der Waals surface area contributed by atoms with Crippen molar-refractivity contribution in [3.05, 3.63) is 64.3 Å². The number of phenolic OH excluding ortho intramolecular Hbond substituents is 1. The van der Waals surface area contributed by atoms with Gasteiger partial charge in [0.15, 0.2) is 0 Å². The number of aromatic hydroxyl groups is 1. The summed E-state index contributed by atoms with van der Waals surface area (Å²) in [7, 11) is 0. The van der Waals surface area contributed by atoms with Crippen molar-refractivity contribution in [1.29, 1.82) is 0 Å². The number of ether oxygens (including phenoxy) is 1. The first-order chi connectivity index (χ1) is 15.5. The predicted molar refractivity (Wildman–Crippen MR) is 122 cm³/mol. The predicted octanol–water partition coefficient (Wildman–Crippen LogP) is 4.12. The molecule has 0 bridgehead atoms. The number of rotatable bonds is 8. The molecule has 1 aliphatic rings. The zero-order valence-electron chi connectivity index (χ0n) is 18.7. The van der Waals surface area contributed by atoms with Gasteiger partial charge in [0, 0.05) is 24.3 Å². The number of amides is 1. The summed E-state index contributed by atoms with van der Waals surface area (Å²) in [5.74, 6) is 0.734. The van der Waals surface area contributed by atoms with E-state index in [1.54, 1.807) is 4.90 Å². The first-order valence-corrected chi connectivity index (χ1v) is 11.0. The van der Waals surface area contributed by atoms with Crippen LogP contribution in [0.5, 0.6) is 11.5 Å². The number of aromatic nitrogens is 2. The summed E-state index contributed by atoms with van der Waals surface area (Å²) in [5.41, 5.74) is 4.97. The van der Waals surface area contributed by atoms with E-state index in [-0.39, 0.29) is 18.3 Å². The molecule has 7 nitrogen and oxygen atoms in total. The molecule has 168 valence electrons. The van der Waals surface area contributed by atoms with Crippen LogP contribution in [0, 0.1) is 13.8 Å². The summed E-state index contributed by atoms with van der Waals surface area (Å²) in [6.45, 7) is 6.88. The highest BCUT2D eigenvalue weighted by Crippen LogP contribution is 2.45. The van der Waals surface area contributed by atoms with Crippen molar-refractivity contribution < 1.29 is 19.7 Å². The van der Waals surface area contributed by atoms with Crippen molar-refractivity contribution in [3.63, 3.8) is 0 Å². The van der Waals surface area contributed by atoms with Crippen molar-refractivity contribution in [2.24, 2.45) is 0 Å². The van der Waals surface area contributed by atoms with Crippen LogP contribution in [0.3, 0.4) is 0 Å². The van der Waals surface area contributed by atoms with Gasteiger partial charge < -0.3 is 19.8 Å². The molecule has 1 aliphatic heterocycles. The zero-order chi connectivity index (χ0) is 22.8. The van der Waals surface area contributed by atoms with E-state index >= 15 is 0 Å². The highest BCUT2D eigenvalue weighted by atomic mass is 16.5. The number of hydrogen-bond acceptors (Lipinski definition) is 5. The molecule has 0 saturated heterocycles. The number of aryl methyl sites for hydroxylation is 2. The maximum absolute atomic E-state index is 13.3. The molecule has 0 radical (unpaired) electrons. The fourth-order valence-corrected chi connectivity index (χ4v) is 4.36. The molecule has 2 heterocycles. The number of nitrogens with one attached hydrogen (secondary N) is 1. The van der Waals surface area contributed by atoms with Crippen LogP contribution in [0.1, 0.15) is 58.5 Å². The van der Waals surface area contributed by atoms with Crippen molar-refractivity contribution in [1.82, 2.24) is 15.1 Å². The van der Waals surface area contributed by atoms with E-state index in [0.717, 1.165) is 34.4 Å². The Morgan fingerprint density at radius 1 is 1.22 bits per heavy atom. The van der Waals surface area contributed by atoms with Gasteiger partial charge in [-0.2, -0.15) is 5.10 Å². The van der Waals surface area contributed by atoms with Crippen LogP contribution in [-0.4, -0.2) is 51.0 Å². The molecule has 1 aromatic heterocycles. The molecular weight excluding hydrogens is 406 g/mol. The van der Waals surface area contributed by atoms with Crippen molar-refractivity contribution in [2.75, 3.05) is 19.8 Å². The molecule has 7 heteroatoms. The Labute approximate surface area is 187 Å². The number of H-pyrrole nitrogens is 1. The van der Waals surface area contributed by atoms with E-state index in [1.807, 2.05) is 50.2 Å². The molecule has 1 unspecified atom stereocenters. The van der Waals surface area contributed by atoms with Gasteiger partial charge >= 0.3 is 0 Å². The molecule has 3 aromatic rings. The molecule has 1 amide bonds. The Kier molecular flexibility index (Phi) is 6.19. The third kappa shape index (κ3) is 3.84. The van der Waals surface area contributed by atoms with Crippen LogP contribution in [0.15, 0.2) is 36.4 Å². The van der Waals surface area contributed by atoms with Crippen LogP contribution < -0.4 is 4.74 Å². The number of fused-ring (bicyclic) bond motifs is 1. The van der Waals surface area contributed by atoms with E-state index in [0.29, 0.717) is 36.5 Å². The first kappa shape index (κ1) is 21.9. The first-order valence-electron chi connectivity index (χ1n) is 11.0. The average Bonchev–Trinajstić information content (AvgIpc) is 3.32. The van der Waals surface area contributed by atoms with E-state index in [1.165, 1.54) is 0 Å². The minimum atomic E-state index is -0.400. The highest BCUT2D eigenvalue weighted by Gasteiger charge is 2.42. The lowest BCUT2D eigenvalue weighted by molar-refractivity contribution is 0.0732. The van der Waals surface area contributed by atoms with Crippen LogP contribution in [0.25, 0.3) is 11.3 Å². The molecule has 0 saturated carbocycles. The monoisotopic (exact) mass is 435 g/mol. The Bertz CT molecular complexity index is 1140. The Morgan fingerprint density at radius 2 is 2.03 bits per heavy atom. The van der Waals surface area contributed by atoms with Gasteiger partial charge in [0.1, 0.15) is 22.9 Å². The summed E-state index contributed by atoms with van der Waals surface area (Å²) in [6.07, 6.45) is 1.37. The van der Waals surface area contributed by atoms with Crippen LogP contribution in [0.4, 0.5) is 0 Å². The zero-order valence-corrected chi connectivity index (χ0v) is 18.7. The van der Waals surface area contributed by atoms with Gasteiger partial charge in [-0.25, -0.2) is 0 Å². The molecule has 32 heavy (non-hydrogen) atoms. The molecule has 0 aliphatic carbocycles. The number of nitrogens with zero attached hydrogens (tertiary/aromatic N) is 2. The third-order valence-corrected chi connectivity index (χ3v) is 5.77. The molecule has 3 N–H and O–H groups in total. The third-order valence-electron chi connectivity index (χ3n) is 5.77. The number of aliphatic hydroxyl groups excluding tert-OH is 1. The fraction of sp³-hybridized carbons (Fsp3) is 0.360.